The van der Waals surface area contributed by atoms with E-state index in [0.29, 0.717) is 6.42 Å². The predicted molar refractivity (Wildman–Crippen MR) is 61.0 cm³/mol. The van der Waals surface area contributed by atoms with Crippen molar-refractivity contribution < 1.29 is 22.0 Å². The van der Waals surface area contributed by atoms with Crippen molar-refractivity contribution in [3.8, 4) is 11.1 Å². The minimum Gasteiger partial charge on any atom is -0.203 e. The summed E-state index contributed by atoms with van der Waals surface area (Å²) in [7, 11) is 0. The second kappa shape index (κ2) is 4.99. The molecule has 0 aromatic heterocycles. The van der Waals surface area contributed by atoms with Gasteiger partial charge in [0, 0.05) is 0 Å². The lowest BCUT2D eigenvalue weighted by Crippen LogP contribution is -2.04. The van der Waals surface area contributed by atoms with Crippen LogP contribution in [-0.4, -0.2) is 0 Å². The van der Waals surface area contributed by atoms with E-state index in [9.17, 15) is 22.0 Å². The van der Waals surface area contributed by atoms with Gasteiger partial charge in [-0.15, -0.1) is 0 Å². The fraction of sp³-hybridized carbons (Fsp3) is 0.143. The van der Waals surface area contributed by atoms with Crippen LogP contribution in [0.25, 0.3) is 11.1 Å². The fourth-order valence-electron chi connectivity index (χ4n) is 1.77. The quantitative estimate of drug-likeness (QED) is 0.425. The average Bonchev–Trinajstić information content (AvgIpc) is 2.44. The van der Waals surface area contributed by atoms with Gasteiger partial charge in [0.1, 0.15) is 0 Å². The van der Waals surface area contributed by atoms with Crippen LogP contribution in [0.3, 0.4) is 0 Å². The maximum Gasteiger partial charge on any atom is 0.200 e. The summed E-state index contributed by atoms with van der Waals surface area (Å²) in [6.45, 7) is 1.88. The molecule has 0 nitrogen and oxygen atoms in total. The molecule has 0 radical (unpaired) electrons. The third-order valence-corrected chi connectivity index (χ3v) is 2.86. The van der Waals surface area contributed by atoms with Crippen LogP contribution in [0.4, 0.5) is 22.0 Å². The molecule has 0 N–H and O–H groups in total. The highest BCUT2D eigenvalue weighted by atomic mass is 19.2. The number of rotatable bonds is 2. The lowest BCUT2D eigenvalue weighted by molar-refractivity contribution is 0.381. The molecule has 19 heavy (non-hydrogen) atoms. The zero-order valence-corrected chi connectivity index (χ0v) is 9.91. The van der Waals surface area contributed by atoms with Crippen molar-refractivity contribution in [2.24, 2.45) is 0 Å². The van der Waals surface area contributed by atoms with Crippen LogP contribution in [0.15, 0.2) is 24.3 Å². The predicted octanol–water partition coefficient (Wildman–Crippen LogP) is 4.61. The highest BCUT2D eigenvalue weighted by molar-refractivity contribution is 5.65. The van der Waals surface area contributed by atoms with Crippen LogP contribution in [-0.2, 0) is 6.42 Å². The molecule has 0 aliphatic rings. The summed E-state index contributed by atoms with van der Waals surface area (Å²) in [6, 6.07) is 5.81. The Hall–Kier alpha value is -1.91. The molecule has 2 aromatic rings. The van der Waals surface area contributed by atoms with E-state index in [1.54, 1.807) is 12.1 Å². The zero-order chi connectivity index (χ0) is 14.2. The SMILES string of the molecule is CCc1ccc(-c2c(F)c(F)c(F)c(F)c2F)cc1. The van der Waals surface area contributed by atoms with E-state index in [1.807, 2.05) is 6.92 Å². The second-order valence-electron chi connectivity index (χ2n) is 4.00. The number of aryl methyl sites for hydroxylation is 1. The molecule has 2 aromatic carbocycles. The van der Waals surface area contributed by atoms with Gasteiger partial charge in [-0.2, -0.15) is 0 Å². The Morgan fingerprint density at radius 2 is 1.11 bits per heavy atom. The zero-order valence-electron chi connectivity index (χ0n) is 9.91. The summed E-state index contributed by atoms with van der Waals surface area (Å²) in [5, 5.41) is 0. The van der Waals surface area contributed by atoms with Gasteiger partial charge in [0.2, 0.25) is 5.82 Å². The van der Waals surface area contributed by atoms with Crippen LogP contribution >= 0.6 is 0 Å². The highest BCUT2D eigenvalue weighted by Crippen LogP contribution is 2.31. The molecule has 0 amide bonds. The summed E-state index contributed by atoms with van der Waals surface area (Å²) in [5.74, 6) is -9.66. The van der Waals surface area contributed by atoms with Crippen LogP contribution in [0, 0.1) is 29.1 Å². The second-order valence-corrected chi connectivity index (χ2v) is 4.00. The Bertz CT molecular complexity index is 588. The van der Waals surface area contributed by atoms with E-state index >= 15 is 0 Å². The first kappa shape index (κ1) is 13.5. The number of benzene rings is 2. The number of hydrogen-bond acceptors (Lipinski definition) is 0. The molecule has 0 fully saturated rings. The molecule has 0 spiro atoms. The Kier molecular flexibility index (Phi) is 3.55. The number of hydrogen-bond donors (Lipinski definition) is 0. The molecule has 0 atom stereocenters. The molecular formula is C14H9F5. The molecule has 5 heteroatoms. The van der Waals surface area contributed by atoms with Crippen molar-refractivity contribution in [2.45, 2.75) is 13.3 Å². The van der Waals surface area contributed by atoms with Gasteiger partial charge >= 0.3 is 0 Å². The Labute approximate surface area is 106 Å². The third-order valence-electron chi connectivity index (χ3n) is 2.86. The van der Waals surface area contributed by atoms with Crippen molar-refractivity contribution in [1.29, 1.82) is 0 Å². The summed E-state index contributed by atoms with van der Waals surface area (Å²) >= 11 is 0. The Balaban J connectivity index is 2.67. The van der Waals surface area contributed by atoms with Crippen molar-refractivity contribution in [3.63, 3.8) is 0 Å². The minimum atomic E-state index is -2.15. The van der Waals surface area contributed by atoms with Gasteiger partial charge in [-0.25, -0.2) is 22.0 Å². The first-order valence-electron chi connectivity index (χ1n) is 5.58. The van der Waals surface area contributed by atoms with Crippen molar-refractivity contribution in [1.82, 2.24) is 0 Å². The monoisotopic (exact) mass is 272 g/mol. The molecule has 0 aliphatic carbocycles. The van der Waals surface area contributed by atoms with Gasteiger partial charge in [0.25, 0.3) is 0 Å². The lowest BCUT2D eigenvalue weighted by Gasteiger charge is -2.08. The molecule has 0 saturated heterocycles. The van der Waals surface area contributed by atoms with E-state index in [2.05, 4.69) is 0 Å². The number of halogens is 5. The van der Waals surface area contributed by atoms with Gasteiger partial charge in [0.15, 0.2) is 23.3 Å². The van der Waals surface area contributed by atoms with Crippen LogP contribution in [0.5, 0.6) is 0 Å². The first-order valence-corrected chi connectivity index (χ1v) is 5.58. The minimum absolute atomic E-state index is 0.0509. The van der Waals surface area contributed by atoms with Crippen LogP contribution < -0.4 is 0 Å². The van der Waals surface area contributed by atoms with Crippen molar-refractivity contribution in [3.05, 3.63) is 58.9 Å². The summed E-state index contributed by atoms with van der Waals surface area (Å²) in [4.78, 5) is 0. The molecule has 0 saturated carbocycles. The largest absolute Gasteiger partial charge is 0.203 e. The lowest BCUT2D eigenvalue weighted by atomic mass is 10.0. The average molecular weight is 272 g/mol. The standard InChI is InChI=1S/C14H9F5/c1-2-7-3-5-8(6-4-7)9-10(15)12(17)14(19)13(18)11(9)16/h3-6H,2H2,1H3. The van der Waals surface area contributed by atoms with Crippen molar-refractivity contribution in [2.75, 3.05) is 0 Å². The third kappa shape index (κ3) is 2.20. The molecule has 0 bridgehead atoms. The normalized spacial score (nSPS) is 10.8. The van der Waals surface area contributed by atoms with E-state index in [4.69, 9.17) is 0 Å². The maximum absolute atomic E-state index is 13.5. The van der Waals surface area contributed by atoms with E-state index < -0.39 is 34.6 Å². The van der Waals surface area contributed by atoms with E-state index in [-0.39, 0.29) is 5.56 Å². The summed E-state index contributed by atoms with van der Waals surface area (Å²) in [5.41, 5.74) is -0.0586. The summed E-state index contributed by atoms with van der Waals surface area (Å²) in [6.07, 6.45) is 0.706. The van der Waals surface area contributed by atoms with Gasteiger partial charge in [-0.1, -0.05) is 31.2 Å². The van der Waals surface area contributed by atoms with E-state index in [1.165, 1.54) is 12.1 Å². The molecule has 0 heterocycles. The Morgan fingerprint density at radius 3 is 1.53 bits per heavy atom. The van der Waals surface area contributed by atoms with Crippen LogP contribution in [0.2, 0.25) is 0 Å². The van der Waals surface area contributed by atoms with Crippen molar-refractivity contribution >= 4 is 0 Å². The molecule has 100 valence electrons. The molecule has 0 aliphatic heterocycles. The first-order chi connectivity index (χ1) is 8.97. The van der Waals surface area contributed by atoms with Gasteiger partial charge in [-0.3, -0.25) is 0 Å². The molecule has 2 rings (SSSR count). The van der Waals surface area contributed by atoms with Gasteiger partial charge < -0.3 is 0 Å². The fourth-order valence-corrected chi connectivity index (χ4v) is 1.77. The van der Waals surface area contributed by atoms with E-state index in [0.717, 1.165) is 5.56 Å². The smallest absolute Gasteiger partial charge is 0.200 e. The van der Waals surface area contributed by atoms with Gasteiger partial charge in [0.05, 0.1) is 5.56 Å². The maximum atomic E-state index is 13.5. The van der Waals surface area contributed by atoms with Gasteiger partial charge in [-0.05, 0) is 17.5 Å². The molecular weight excluding hydrogens is 263 g/mol. The molecule has 0 unspecified atom stereocenters. The topological polar surface area (TPSA) is 0 Å². The Morgan fingerprint density at radius 1 is 0.684 bits per heavy atom. The van der Waals surface area contributed by atoms with Crippen LogP contribution in [0.1, 0.15) is 12.5 Å². The highest BCUT2D eigenvalue weighted by Gasteiger charge is 2.26. The summed E-state index contributed by atoms with van der Waals surface area (Å²) < 4.78 is 66.1.